The van der Waals surface area contributed by atoms with Crippen molar-refractivity contribution in [3.05, 3.63) is 29.6 Å². The lowest BCUT2D eigenvalue weighted by atomic mass is 10.1. The highest BCUT2D eigenvalue weighted by Gasteiger charge is 2.29. The third kappa shape index (κ3) is 2.41. The summed E-state index contributed by atoms with van der Waals surface area (Å²) < 4.78 is 2.21. The summed E-state index contributed by atoms with van der Waals surface area (Å²) in [6.07, 6.45) is 2.67. The molecule has 0 spiro atoms. The summed E-state index contributed by atoms with van der Waals surface area (Å²) >= 11 is 6.28. The number of imidazole rings is 1. The first-order valence-corrected chi connectivity index (χ1v) is 7.58. The molecule has 2 atom stereocenters. The zero-order valence-electron chi connectivity index (χ0n) is 11.8. The first kappa shape index (κ1) is 13.5. The molecule has 2 unspecified atom stereocenters. The van der Waals surface area contributed by atoms with Crippen molar-refractivity contribution < 1.29 is 0 Å². The zero-order chi connectivity index (χ0) is 14.3. The molecule has 0 radical (unpaired) electrons. The minimum absolute atomic E-state index is 0.126. The molecule has 0 N–H and O–H groups in total. The minimum atomic E-state index is -0.126. The molecule has 2 aromatic rings. The van der Waals surface area contributed by atoms with Gasteiger partial charge < -0.3 is 4.57 Å². The van der Waals surface area contributed by atoms with Crippen LogP contribution in [0, 0.1) is 23.2 Å². The van der Waals surface area contributed by atoms with Crippen LogP contribution in [0.25, 0.3) is 11.0 Å². The third-order valence-electron chi connectivity index (χ3n) is 4.16. The molecule has 1 aromatic heterocycles. The molecule has 0 bridgehead atoms. The van der Waals surface area contributed by atoms with Gasteiger partial charge in [0.1, 0.15) is 5.82 Å². The van der Waals surface area contributed by atoms with Gasteiger partial charge in [0.25, 0.3) is 0 Å². The van der Waals surface area contributed by atoms with Crippen molar-refractivity contribution in [1.29, 1.82) is 5.26 Å². The molecule has 3 nitrogen and oxygen atoms in total. The molecule has 1 heterocycles. The van der Waals surface area contributed by atoms with Crippen LogP contribution in [-0.4, -0.2) is 9.55 Å². The second kappa shape index (κ2) is 5.10. The van der Waals surface area contributed by atoms with E-state index in [-0.39, 0.29) is 5.38 Å². The smallest absolute Gasteiger partial charge is 0.127 e. The van der Waals surface area contributed by atoms with Gasteiger partial charge >= 0.3 is 0 Å². The topological polar surface area (TPSA) is 41.6 Å². The highest BCUT2D eigenvalue weighted by Crippen LogP contribution is 2.38. The minimum Gasteiger partial charge on any atom is -0.326 e. The SMILES string of the molecule is CC(Cl)c1nc2ccc(C#N)cc2n1CC(C)C1CC1. The van der Waals surface area contributed by atoms with Crippen molar-refractivity contribution in [2.45, 2.75) is 38.6 Å². The van der Waals surface area contributed by atoms with Gasteiger partial charge in [-0.2, -0.15) is 5.26 Å². The third-order valence-corrected chi connectivity index (χ3v) is 4.36. The Hall–Kier alpha value is -1.53. The Balaban J connectivity index is 2.08. The number of benzene rings is 1. The molecule has 0 saturated heterocycles. The molecule has 20 heavy (non-hydrogen) atoms. The second-order valence-electron chi connectivity index (χ2n) is 5.83. The summed E-state index contributed by atoms with van der Waals surface area (Å²) in [4.78, 5) is 4.64. The van der Waals surface area contributed by atoms with E-state index in [9.17, 15) is 0 Å². The largest absolute Gasteiger partial charge is 0.326 e. The van der Waals surface area contributed by atoms with Crippen molar-refractivity contribution in [2.24, 2.45) is 11.8 Å². The van der Waals surface area contributed by atoms with Crippen LogP contribution in [0.15, 0.2) is 18.2 Å². The van der Waals surface area contributed by atoms with Crippen LogP contribution in [0.2, 0.25) is 0 Å². The quantitative estimate of drug-likeness (QED) is 0.789. The van der Waals surface area contributed by atoms with E-state index in [1.165, 1.54) is 12.8 Å². The normalized spacial score (nSPS) is 17.9. The van der Waals surface area contributed by atoms with Gasteiger partial charge in [0, 0.05) is 6.54 Å². The van der Waals surface area contributed by atoms with E-state index < -0.39 is 0 Å². The maximum Gasteiger partial charge on any atom is 0.127 e. The summed E-state index contributed by atoms with van der Waals surface area (Å²) in [5, 5.41) is 8.95. The number of aromatic nitrogens is 2. The molecule has 1 saturated carbocycles. The Morgan fingerprint density at radius 3 is 2.80 bits per heavy atom. The first-order chi connectivity index (χ1) is 9.60. The van der Waals surface area contributed by atoms with E-state index in [1.807, 2.05) is 25.1 Å². The Labute approximate surface area is 124 Å². The van der Waals surface area contributed by atoms with Crippen LogP contribution in [0.5, 0.6) is 0 Å². The van der Waals surface area contributed by atoms with Crippen molar-refractivity contribution >= 4 is 22.6 Å². The molecule has 3 rings (SSSR count). The standard InChI is InChI=1S/C16H18ClN3/c1-10(13-4-5-13)9-20-15-7-12(8-18)3-6-14(15)19-16(20)11(2)17/h3,6-7,10-11,13H,4-5,9H2,1-2H3. The van der Waals surface area contributed by atoms with Gasteiger partial charge in [0.15, 0.2) is 0 Å². The summed E-state index contributed by atoms with van der Waals surface area (Å²) in [7, 11) is 0. The average Bonchev–Trinajstić information content (AvgIpc) is 3.22. The molecule has 0 amide bonds. The van der Waals surface area contributed by atoms with E-state index >= 15 is 0 Å². The van der Waals surface area contributed by atoms with E-state index in [1.54, 1.807) is 0 Å². The van der Waals surface area contributed by atoms with Crippen molar-refractivity contribution in [1.82, 2.24) is 9.55 Å². The summed E-state index contributed by atoms with van der Waals surface area (Å²) in [5.74, 6) is 2.38. The van der Waals surface area contributed by atoms with Gasteiger partial charge in [0.2, 0.25) is 0 Å². The van der Waals surface area contributed by atoms with Crippen LogP contribution in [0.4, 0.5) is 0 Å². The van der Waals surface area contributed by atoms with E-state index in [4.69, 9.17) is 16.9 Å². The molecule has 1 aliphatic carbocycles. The lowest BCUT2D eigenvalue weighted by molar-refractivity contribution is 0.428. The number of nitrogens with zero attached hydrogens (tertiary/aromatic N) is 3. The van der Waals surface area contributed by atoms with Crippen molar-refractivity contribution in [3.63, 3.8) is 0 Å². The Kier molecular flexibility index (Phi) is 3.43. The fourth-order valence-electron chi connectivity index (χ4n) is 2.81. The van der Waals surface area contributed by atoms with E-state index in [0.29, 0.717) is 11.5 Å². The molecule has 0 aliphatic heterocycles. The fraction of sp³-hybridized carbons (Fsp3) is 0.500. The van der Waals surface area contributed by atoms with Gasteiger partial charge in [-0.25, -0.2) is 4.98 Å². The molecular weight excluding hydrogens is 270 g/mol. The molecule has 1 aromatic carbocycles. The number of halogens is 1. The average molecular weight is 288 g/mol. The molecule has 104 valence electrons. The number of hydrogen-bond donors (Lipinski definition) is 0. The van der Waals surface area contributed by atoms with E-state index in [2.05, 4.69) is 22.5 Å². The monoisotopic (exact) mass is 287 g/mol. The first-order valence-electron chi connectivity index (χ1n) is 7.14. The van der Waals surface area contributed by atoms with Crippen LogP contribution in [0.1, 0.15) is 43.5 Å². The maximum absolute atomic E-state index is 9.08. The van der Waals surface area contributed by atoms with Gasteiger partial charge in [-0.05, 0) is 49.8 Å². The molecule has 1 fully saturated rings. The molecular formula is C16H18ClN3. The van der Waals surface area contributed by atoms with Crippen molar-refractivity contribution in [2.75, 3.05) is 0 Å². The van der Waals surface area contributed by atoms with E-state index in [0.717, 1.165) is 29.3 Å². The van der Waals surface area contributed by atoms with Gasteiger partial charge in [-0.1, -0.05) is 6.92 Å². The van der Waals surface area contributed by atoms with Crippen LogP contribution < -0.4 is 0 Å². The maximum atomic E-state index is 9.08. The lowest BCUT2D eigenvalue weighted by Gasteiger charge is -2.15. The summed E-state index contributed by atoms with van der Waals surface area (Å²) in [6, 6.07) is 7.84. The van der Waals surface area contributed by atoms with Crippen LogP contribution in [-0.2, 0) is 6.54 Å². The summed E-state index contributed by atoms with van der Waals surface area (Å²) in [6.45, 7) is 5.18. The Morgan fingerprint density at radius 2 is 2.20 bits per heavy atom. The molecule has 4 heteroatoms. The highest BCUT2D eigenvalue weighted by molar-refractivity contribution is 6.20. The number of alkyl halides is 1. The summed E-state index contributed by atoms with van der Waals surface area (Å²) in [5.41, 5.74) is 2.63. The van der Waals surface area contributed by atoms with Crippen molar-refractivity contribution in [3.8, 4) is 6.07 Å². The number of hydrogen-bond acceptors (Lipinski definition) is 2. The lowest BCUT2D eigenvalue weighted by Crippen LogP contribution is -2.12. The predicted molar refractivity (Wildman–Crippen MR) is 80.6 cm³/mol. The van der Waals surface area contributed by atoms with Gasteiger partial charge in [-0.3, -0.25) is 0 Å². The van der Waals surface area contributed by atoms with Crippen LogP contribution >= 0.6 is 11.6 Å². The van der Waals surface area contributed by atoms with Crippen LogP contribution in [0.3, 0.4) is 0 Å². The predicted octanol–water partition coefficient (Wildman–Crippen LogP) is 4.25. The number of rotatable bonds is 4. The fourth-order valence-corrected chi connectivity index (χ4v) is 2.98. The molecule has 1 aliphatic rings. The van der Waals surface area contributed by atoms with Gasteiger partial charge in [-0.15, -0.1) is 11.6 Å². The number of nitriles is 1. The zero-order valence-corrected chi connectivity index (χ0v) is 12.6. The van der Waals surface area contributed by atoms with Gasteiger partial charge in [0.05, 0.1) is 28.0 Å². The number of fused-ring (bicyclic) bond motifs is 1. The Bertz CT molecular complexity index is 677. The Morgan fingerprint density at radius 1 is 1.45 bits per heavy atom. The highest BCUT2D eigenvalue weighted by atomic mass is 35.5. The second-order valence-corrected chi connectivity index (χ2v) is 6.48.